The molecule has 1 N–H and O–H groups in total. The molecule has 92 valence electrons. The Labute approximate surface area is 100 Å². The van der Waals surface area contributed by atoms with E-state index in [2.05, 4.69) is 19.2 Å². The molecule has 0 aromatic heterocycles. The van der Waals surface area contributed by atoms with Crippen molar-refractivity contribution in [1.82, 2.24) is 5.32 Å². The Bertz CT molecular complexity index is 228. The predicted molar refractivity (Wildman–Crippen MR) is 68.3 cm³/mol. The Morgan fingerprint density at radius 1 is 1.00 bits per heavy atom. The summed E-state index contributed by atoms with van der Waals surface area (Å²) in [5, 5.41) is 4.00. The van der Waals surface area contributed by atoms with Gasteiger partial charge in [-0.25, -0.2) is 0 Å². The Morgan fingerprint density at radius 2 is 1.56 bits per heavy atom. The third-order valence-corrected chi connectivity index (χ3v) is 5.44. The Kier molecular flexibility index (Phi) is 2.99. The van der Waals surface area contributed by atoms with Gasteiger partial charge in [0, 0.05) is 12.1 Å². The van der Waals surface area contributed by atoms with E-state index in [0.717, 1.165) is 35.8 Å². The van der Waals surface area contributed by atoms with Crippen LogP contribution in [0.15, 0.2) is 0 Å². The molecule has 0 spiro atoms. The Balaban J connectivity index is 1.52. The number of hydrogen-bond donors (Lipinski definition) is 1. The lowest BCUT2D eigenvalue weighted by atomic mass is 10.0. The Hall–Kier alpha value is -0.0400. The standard InChI is InChI=1S/C15H27N/c1-3-5-12(6-4-2)16-15-13-10-7-8-11(9-10)14(13)15/h10-16H,3-9H2,1-2H3. The van der Waals surface area contributed by atoms with Crippen LogP contribution >= 0.6 is 0 Å². The third kappa shape index (κ3) is 1.72. The third-order valence-electron chi connectivity index (χ3n) is 5.44. The monoisotopic (exact) mass is 221 g/mol. The van der Waals surface area contributed by atoms with Crippen LogP contribution in [0.4, 0.5) is 0 Å². The minimum Gasteiger partial charge on any atom is -0.311 e. The summed E-state index contributed by atoms with van der Waals surface area (Å²) >= 11 is 0. The Morgan fingerprint density at radius 3 is 2.06 bits per heavy atom. The lowest BCUT2D eigenvalue weighted by molar-refractivity contribution is 0.384. The minimum atomic E-state index is 0.824. The van der Waals surface area contributed by atoms with Crippen molar-refractivity contribution >= 4 is 0 Å². The van der Waals surface area contributed by atoms with E-state index >= 15 is 0 Å². The van der Waals surface area contributed by atoms with Crippen LogP contribution in [-0.4, -0.2) is 12.1 Å². The fourth-order valence-corrected chi connectivity index (χ4v) is 4.83. The second-order valence-corrected chi connectivity index (χ2v) is 6.45. The second-order valence-electron chi connectivity index (χ2n) is 6.45. The topological polar surface area (TPSA) is 12.0 Å². The maximum absolute atomic E-state index is 4.00. The first kappa shape index (κ1) is 11.1. The molecular formula is C15H27N. The van der Waals surface area contributed by atoms with Crippen molar-refractivity contribution in [3.63, 3.8) is 0 Å². The van der Waals surface area contributed by atoms with Crippen LogP contribution in [-0.2, 0) is 0 Å². The van der Waals surface area contributed by atoms with Gasteiger partial charge in [0.05, 0.1) is 0 Å². The van der Waals surface area contributed by atoms with E-state index in [1.807, 2.05) is 0 Å². The second kappa shape index (κ2) is 4.33. The summed E-state index contributed by atoms with van der Waals surface area (Å²) in [7, 11) is 0. The van der Waals surface area contributed by atoms with Crippen molar-refractivity contribution in [3.8, 4) is 0 Å². The minimum absolute atomic E-state index is 0.824. The highest BCUT2D eigenvalue weighted by atomic mass is 15.0. The van der Waals surface area contributed by atoms with E-state index in [0.29, 0.717) is 0 Å². The summed E-state index contributed by atoms with van der Waals surface area (Å²) in [6.07, 6.45) is 10.1. The molecule has 0 amide bonds. The maximum atomic E-state index is 4.00. The molecule has 3 aliphatic carbocycles. The lowest BCUT2D eigenvalue weighted by Gasteiger charge is -2.20. The van der Waals surface area contributed by atoms with Gasteiger partial charge in [0.25, 0.3) is 0 Å². The molecule has 3 saturated carbocycles. The molecule has 3 aliphatic rings. The molecule has 0 aromatic rings. The molecule has 0 aliphatic heterocycles. The number of fused-ring (bicyclic) bond motifs is 5. The van der Waals surface area contributed by atoms with Crippen LogP contribution < -0.4 is 5.32 Å². The fraction of sp³-hybridized carbons (Fsp3) is 1.00. The molecule has 1 heteroatoms. The van der Waals surface area contributed by atoms with E-state index in [4.69, 9.17) is 0 Å². The van der Waals surface area contributed by atoms with Gasteiger partial charge in [-0.05, 0) is 55.8 Å². The molecule has 0 radical (unpaired) electrons. The first-order valence-electron chi connectivity index (χ1n) is 7.61. The number of rotatable bonds is 6. The van der Waals surface area contributed by atoms with Gasteiger partial charge in [-0.3, -0.25) is 0 Å². The molecule has 4 atom stereocenters. The van der Waals surface area contributed by atoms with Crippen molar-refractivity contribution in [2.45, 2.75) is 70.9 Å². The van der Waals surface area contributed by atoms with Crippen LogP contribution in [0, 0.1) is 23.7 Å². The molecule has 0 saturated heterocycles. The first-order valence-corrected chi connectivity index (χ1v) is 7.61. The fourth-order valence-electron chi connectivity index (χ4n) is 4.83. The van der Waals surface area contributed by atoms with Gasteiger partial charge in [-0.2, -0.15) is 0 Å². The molecule has 0 heterocycles. The zero-order valence-electron chi connectivity index (χ0n) is 10.9. The van der Waals surface area contributed by atoms with Crippen molar-refractivity contribution in [3.05, 3.63) is 0 Å². The summed E-state index contributed by atoms with van der Waals surface area (Å²) in [5.41, 5.74) is 0. The van der Waals surface area contributed by atoms with Crippen LogP contribution in [0.3, 0.4) is 0 Å². The highest BCUT2D eigenvalue weighted by Crippen LogP contribution is 2.65. The predicted octanol–water partition coefficient (Wildman–Crippen LogP) is 3.59. The largest absolute Gasteiger partial charge is 0.311 e. The van der Waals surface area contributed by atoms with E-state index in [-0.39, 0.29) is 0 Å². The summed E-state index contributed by atoms with van der Waals surface area (Å²) in [6.45, 7) is 4.64. The highest BCUT2D eigenvalue weighted by Gasteiger charge is 2.64. The SMILES string of the molecule is CCCC(CCC)NC1C2C3CCC(C3)C12. The van der Waals surface area contributed by atoms with Crippen molar-refractivity contribution in [1.29, 1.82) is 0 Å². The van der Waals surface area contributed by atoms with Crippen LogP contribution in [0.1, 0.15) is 58.8 Å². The lowest BCUT2D eigenvalue weighted by Crippen LogP contribution is -2.34. The molecule has 16 heavy (non-hydrogen) atoms. The smallest absolute Gasteiger partial charge is 0.0138 e. The van der Waals surface area contributed by atoms with Gasteiger partial charge in [-0.15, -0.1) is 0 Å². The molecule has 3 fully saturated rings. The number of hydrogen-bond acceptors (Lipinski definition) is 1. The van der Waals surface area contributed by atoms with Crippen molar-refractivity contribution in [2.24, 2.45) is 23.7 Å². The molecular weight excluding hydrogens is 194 g/mol. The van der Waals surface area contributed by atoms with Crippen molar-refractivity contribution in [2.75, 3.05) is 0 Å². The average Bonchev–Trinajstić information content (AvgIpc) is 2.70. The van der Waals surface area contributed by atoms with Gasteiger partial charge in [-0.1, -0.05) is 26.7 Å². The van der Waals surface area contributed by atoms with E-state index < -0.39 is 0 Å². The average molecular weight is 221 g/mol. The molecule has 1 nitrogen and oxygen atoms in total. The van der Waals surface area contributed by atoms with E-state index in [9.17, 15) is 0 Å². The van der Waals surface area contributed by atoms with E-state index in [1.54, 1.807) is 19.3 Å². The molecule has 3 rings (SSSR count). The van der Waals surface area contributed by atoms with Gasteiger partial charge in [0.1, 0.15) is 0 Å². The van der Waals surface area contributed by atoms with Gasteiger partial charge in [0.15, 0.2) is 0 Å². The quantitative estimate of drug-likeness (QED) is 0.723. The zero-order valence-corrected chi connectivity index (χ0v) is 10.9. The number of nitrogens with one attached hydrogen (secondary N) is 1. The summed E-state index contributed by atoms with van der Waals surface area (Å²) in [6, 6.07) is 1.76. The first-order chi connectivity index (χ1) is 7.85. The van der Waals surface area contributed by atoms with Crippen LogP contribution in [0.2, 0.25) is 0 Å². The summed E-state index contributed by atoms with van der Waals surface area (Å²) in [4.78, 5) is 0. The van der Waals surface area contributed by atoms with Gasteiger partial charge >= 0.3 is 0 Å². The summed E-state index contributed by atoms with van der Waals surface area (Å²) in [5.74, 6) is 4.46. The molecule has 0 aromatic carbocycles. The van der Waals surface area contributed by atoms with Crippen LogP contribution in [0.25, 0.3) is 0 Å². The zero-order chi connectivity index (χ0) is 11.1. The molecule has 2 bridgehead atoms. The van der Waals surface area contributed by atoms with Crippen molar-refractivity contribution < 1.29 is 0 Å². The van der Waals surface area contributed by atoms with Gasteiger partial charge in [0.2, 0.25) is 0 Å². The summed E-state index contributed by atoms with van der Waals surface area (Å²) < 4.78 is 0. The van der Waals surface area contributed by atoms with E-state index in [1.165, 1.54) is 25.7 Å². The maximum Gasteiger partial charge on any atom is 0.0138 e. The normalized spacial score (nSPS) is 44.1. The van der Waals surface area contributed by atoms with Crippen LogP contribution in [0.5, 0.6) is 0 Å². The molecule has 4 unspecified atom stereocenters. The van der Waals surface area contributed by atoms with Gasteiger partial charge < -0.3 is 5.32 Å². The highest BCUT2D eigenvalue weighted by molar-refractivity contribution is 5.17.